The number of amides is 2. The SMILES string of the molecule is CC(C)(C)[Si](OCC1=C2[C@@H](CC/C(=C/c3ccc(O)c(F)c3)c3ccccn3)OC[C@@H]2[C@@H]2C(=O)N(C3CCN(Cc4ccccc4)CC3)C(=O)[C@@H]2C1)(c1ccccc1)c1ccccc1. The third-order valence-corrected chi connectivity index (χ3v) is 19.1. The van der Waals surface area contributed by atoms with Gasteiger partial charge in [0, 0.05) is 37.8 Å². The molecule has 4 heterocycles. The lowest BCUT2D eigenvalue weighted by Gasteiger charge is -2.44. The predicted molar refractivity (Wildman–Crippen MR) is 251 cm³/mol. The molecule has 0 spiro atoms. The molecule has 10 heteroatoms. The smallest absolute Gasteiger partial charge is 0.261 e. The first-order valence-electron chi connectivity index (χ1n) is 22.8. The lowest BCUT2D eigenvalue weighted by atomic mass is 9.69. The van der Waals surface area contributed by atoms with Gasteiger partial charge in [-0.15, -0.1) is 0 Å². The summed E-state index contributed by atoms with van der Waals surface area (Å²) in [5.41, 5.74) is 5.69. The van der Waals surface area contributed by atoms with E-state index in [1.165, 1.54) is 28.1 Å². The number of imide groups is 1. The largest absolute Gasteiger partial charge is 0.505 e. The molecule has 330 valence electrons. The van der Waals surface area contributed by atoms with Crippen LogP contribution in [0.3, 0.4) is 0 Å². The first-order chi connectivity index (χ1) is 31.0. The van der Waals surface area contributed by atoms with Gasteiger partial charge in [-0.1, -0.05) is 124 Å². The van der Waals surface area contributed by atoms with Crippen LogP contribution in [-0.4, -0.2) is 78.5 Å². The summed E-state index contributed by atoms with van der Waals surface area (Å²) in [4.78, 5) is 38.3. The number of benzene rings is 4. The molecule has 3 saturated heterocycles. The number of allylic oxidation sites excluding steroid dienone is 1. The van der Waals surface area contributed by atoms with Crippen molar-refractivity contribution in [3.63, 3.8) is 0 Å². The van der Waals surface area contributed by atoms with Gasteiger partial charge in [0.05, 0.1) is 36.8 Å². The van der Waals surface area contributed by atoms with Gasteiger partial charge < -0.3 is 14.3 Å². The zero-order chi connectivity index (χ0) is 44.4. The second-order valence-electron chi connectivity index (χ2n) is 18.9. The molecule has 0 unspecified atom stereocenters. The monoisotopic (exact) mass is 875 g/mol. The summed E-state index contributed by atoms with van der Waals surface area (Å²) in [6.07, 6.45) is 6.42. The van der Waals surface area contributed by atoms with E-state index >= 15 is 0 Å². The number of ether oxygens (including phenoxy) is 1. The van der Waals surface area contributed by atoms with Crippen LogP contribution >= 0.6 is 0 Å². The maximum atomic E-state index is 14.8. The van der Waals surface area contributed by atoms with Crippen molar-refractivity contribution in [1.29, 1.82) is 0 Å². The fourth-order valence-corrected chi connectivity index (χ4v) is 15.6. The number of carbonyl (C=O) groups is 2. The third kappa shape index (κ3) is 8.56. The number of aromatic hydroxyl groups is 1. The Labute approximate surface area is 377 Å². The van der Waals surface area contributed by atoms with E-state index in [9.17, 15) is 19.1 Å². The Balaban J connectivity index is 1.05. The minimum atomic E-state index is -2.98. The molecule has 3 fully saturated rings. The minimum absolute atomic E-state index is 0.0524. The molecule has 0 radical (unpaired) electrons. The lowest BCUT2D eigenvalue weighted by molar-refractivity contribution is -0.144. The highest BCUT2D eigenvalue weighted by Gasteiger charge is 2.59. The van der Waals surface area contributed by atoms with E-state index in [1.54, 1.807) is 17.2 Å². The maximum Gasteiger partial charge on any atom is 0.261 e. The van der Waals surface area contributed by atoms with Gasteiger partial charge >= 0.3 is 0 Å². The Kier molecular flexibility index (Phi) is 12.7. The standard InChI is InChI=1S/C54H58FN3O5Si/c1-54(2,3)64(42-17-9-5-10-18-42,43-19-11-6-12-20-43)63-35-40-33-44-51(53(61)58(52(44)60)41-26-29-57(30-27-41)34-37-15-7-4-8-16-37)45-36-62-49(50(40)45)25-23-39(47-21-13-14-28-56-47)31-38-22-24-48(59)46(55)32-38/h4-22,24,28,31-32,41,44-45,49,51,59H,23,25-27,29-30,33-36H2,1-3H3/b39-31-/t44-,45+,49-,51-/m1/s1. The van der Waals surface area contributed by atoms with E-state index < -0.39 is 31.7 Å². The molecule has 4 aliphatic rings. The van der Waals surface area contributed by atoms with Crippen molar-refractivity contribution in [1.82, 2.24) is 14.8 Å². The van der Waals surface area contributed by atoms with Gasteiger partial charge in [0.1, 0.15) is 0 Å². The van der Waals surface area contributed by atoms with Gasteiger partial charge in [0.25, 0.3) is 8.32 Å². The topological polar surface area (TPSA) is 92.2 Å². The highest BCUT2D eigenvalue weighted by Crippen LogP contribution is 2.51. The molecular weight excluding hydrogens is 818 g/mol. The van der Waals surface area contributed by atoms with Crippen LogP contribution in [0.15, 0.2) is 145 Å². The first kappa shape index (κ1) is 43.7. The van der Waals surface area contributed by atoms with E-state index in [1.807, 2.05) is 42.5 Å². The minimum Gasteiger partial charge on any atom is -0.505 e. The molecule has 0 saturated carbocycles. The molecule has 64 heavy (non-hydrogen) atoms. The number of phenols is 1. The quantitative estimate of drug-likeness (QED) is 0.0719. The summed E-state index contributed by atoms with van der Waals surface area (Å²) in [6.45, 7) is 9.97. The van der Waals surface area contributed by atoms with Crippen LogP contribution in [0, 0.1) is 23.6 Å². The molecule has 3 aliphatic heterocycles. The van der Waals surface area contributed by atoms with E-state index in [0.717, 1.165) is 54.9 Å². The molecule has 4 aromatic carbocycles. The van der Waals surface area contributed by atoms with Crippen LogP contribution < -0.4 is 10.4 Å². The molecule has 9 rings (SSSR count). The molecule has 4 atom stereocenters. The summed E-state index contributed by atoms with van der Waals surface area (Å²) < 4.78 is 28.9. The summed E-state index contributed by atoms with van der Waals surface area (Å²) >= 11 is 0. The average molecular weight is 876 g/mol. The Morgan fingerprint density at radius 3 is 2.14 bits per heavy atom. The van der Waals surface area contributed by atoms with E-state index in [4.69, 9.17) is 9.16 Å². The molecule has 8 nitrogen and oxygen atoms in total. The third-order valence-electron chi connectivity index (χ3n) is 14.1. The van der Waals surface area contributed by atoms with Gasteiger partial charge in [-0.3, -0.25) is 24.4 Å². The van der Waals surface area contributed by atoms with E-state index in [0.29, 0.717) is 38.0 Å². The molecule has 5 aromatic rings. The molecule has 1 aliphatic carbocycles. The second-order valence-corrected chi connectivity index (χ2v) is 23.3. The van der Waals surface area contributed by atoms with Crippen molar-refractivity contribution in [2.45, 2.75) is 76.6 Å². The van der Waals surface area contributed by atoms with Crippen molar-refractivity contribution in [3.8, 4) is 5.75 Å². The molecule has 2 amide bonds. The van der Waals surface area contributed by atoms with E-state index in [-0.39, 0.29) is 34.9 Å². The Morgan fingerprint density at radius 2 is 1.52 bits per heavy atom. The van der Waals surface area contributed by atoms with Gasteiger partial charge in [-0.2, -0.15) is 0 Å². The summed E-state index contributed by atoms with van der Waals surface area (Å²) in [5.74, 6) is -2.42. The van der Waals surface area contributed by atoms with Crippen molar-refractivity contribution in [3.05, 3.63) is 167 Å². The van der Waals surface area contributed by atoms with Gasteiger partial charge in [-0.25, -0.2) is 4.39 Å². The molecule has 1 N–H and O–H groups in total. The highest BCUT2D eigenvalue weighted by molar-refractivity contribution is 6.99. The van der Waals surface area contributed by atoms with Crippen LogP contribution in [-0.2, 0) is 25.3 Å². The number of hydrogen-bond acceptors (Lipinski definition) is 7. The fourth-order valence-electron chi connectivity index (χ4n) is 11.1. The van der Waals surface area contributed by atoms with Crippen LogP contribution in [0.4, 0.5) is 4.39 Å². The van der Waals surface area contributed by atoms with Crippen LogP contribution in [0.2, 0.25) is 5.04 Å². The van der Waals surface area contributed by atoms with Crippen LogP contribution in [0.1, 0.15) is 69.7 Å². The number of fused-ring (bicyclic) bond motifs is 3. The number of phenolic OH excluding ortho intramolecular Hbond substituents is 1. The number of nitrogens with zero attached hydrogens (tertiary/aromatic N) is 3. The summed E-state index contributed by atoms with van der Waals surface area (Å²) in [7, 11) is -2.98. The van der Waals surface area contributed by atoms with E-state index in [2.05, 4.69) is 103 Å². The Morgan fingerprint density at radius 1 is 0.859 bits per heavy atom. The van der Waals surface area contributed by atoms with Gasteiger partial charge in [0.2, 0.25) is 11.8 Å². The summed E-state index contributed by atoms with van der Waals surface area (Å²) in [6, 6.07) is 41.6. The van der Waals surface area contributed by atoms with Crippen LogP contribution in [0.5, 0.6) is 5.75 Å². The number of carbonyl (C=O) groups excluding carboxylic acids is 2. The van der Waals surface area contributed by atoms with Crippen LogP contribution in [0.25, 0.3) is 11.6 Å². The lowest BCUT2D eigenvalue weighted by Crippen LogP contribution is -2.66. The number of halogens is 1. The predicted octanol–water partition coefficient (Wildman–Crippen LogP) is 8.80. The first-order valence-corrected chi connectivity index (χ1v) is 24.7. The average Bonchev–Trinajstić information content (AvgIpc) is 3.84. The number of pyridine rings is 1. The molecular formula is C54H58FN3O5Si. The number of aromatic nitrogens is 1. The number of piperidine rings is 1. The Hall–Kier alpha value is -5.52. The summed E-state index contributed by atoms with van der Waals surface area (Å²) in [5, 5.41) is 12.0. The fraction of sp³-hybridized carbons (Fsp3) is 0.352. The number of hydrogen-bond donors (Lipinski definition) is 1. The number of likely N-dealkylation sites (tertiary alicyclic amines) is 2. The van der Waals surface area contributed by atoms with Crippen molar-refractivity contribution in [2.24, 2.45) is 17.8 Å². The maximum absolute atomic E-state index is 14.8. The van der Waals surface area contributed by atoms with Crippen molar-refractivity contribution >= 4 is 42.2 Å². The van der Waals surface area contributed by atoms with Gasteiger partial charge in [0.15, 0.2) is 11.6 Å². The van der Waals surface area contributed by atoms with Crippen molar-refractivity contribution < 1.29 is 28.2 Å². The highest BCUT2D eigenvalue weighted by atomic mass is 28.4. The zero-order valence-electron chi connectivity index (χ0n) is 37.0. The normalized spacial score (nSPS) is 22.2. The van der Waals surface area contributed by atoms with Gasteiger partial charge in [-0.05, 0) is 106 Å². The second kappa shape index (κ2) is 18.5. The molecule has 0 bridgehead atoms. The zero-order valence-corrected chi connectivity index (χ0v) is 38.0. The Bertz CT molecular complexity index is 2460. The molecule has 1 aromatic heterocycles. The van der Waals surface area contributed by atoms with Crippen molar-refractivity contribution in [2.75, 3.05) is 26.3 Å². The number of rotatable bonds is 13.